The maximum Gasteiger partial charge on any atom is 0.256 e. The minimum Gasteiger partial charge on any atom is -0.353 e. The summed E-state index contributed by atoms with van der Waals surface area (Å²) in [5.74, 6) is -1.24. The van der Waals surface area contributed by atoms with Crippen molar-refractivity contribution in [2.45, 2.75) is 37.5 Å². The lowest BCUT2D eigenvalue weighted by molar-refractivity contribution is -0.136. The van der Waals surface area contributed by atoms with Crippen LogP contribution in [-0.2, 0) is 9.53 Å². The molecule has 3 aliphatic heterocycles. The van der Waals surface area contributed by atoms with E-state index < -0.39 is 23.5 Å². The third-order valence-electron chi connectivity index (χ3n) is 7.16. The zero-order chi connectivity index (χ0) is 24.6. The van der Waals surface area contributed by atoms with E-state index in [4.69, 9.17) is 16.3 Å². The van der Waals surface area contributed by atoms with Crippen molar-refractivity contribution in [3.05, 3.63) is 70.5 Å². The van der Waals surface area contributed by atoms with Crippen molar-refractivity contribution in [2.75, 3.05) is 32.8 Å². The van der Waals surface area contributed by atoms with Gasteiger partial charge in [0, 0.05) is 55.2 Å². The Labute approximate surface area is 208 Å². The SMILES string of the molecule is O=C(c1cccc(Cl)c1)N1CCC2(CC1)OCC(C(=O)N1CCCC1)N2C(=O)c1cccc(F)c1. The molecule has 2 aromatic carbocycles. The number of carbonyl (C=O) groups excluding carboxylic acids is 3. The lowest BCUT2D eigenvalue weighted by atomic mass is 9.96. The molecule has 7 nitrogen and oxygen atoms in total. The van der Waals surface area contributed by atoms with Crippen LogP contribution >= 0.6 is 11.6 Å². The van der Waals surface area contributed by atoms with Gasteiger partial charge in [-0.2, -0.15) is 0 Å². The normalized spacial score (nSPS) is 21.5. The zero-order valence-corrected chi connectivity index (χ0v) is 20.0. The largest absolute Gasteiger partial charge is 0.353 e. The van der Waals surface area contributed by atoms with Crippen molar-refractivity contribution >= 4 is 29.3 Å². The van der Waals surface area contributed by atoms with Crippen LogP contribution in [0.25, 0.3) is 0 Å². The number of benzene rings is 2. The summed E-state index contributed by atoms with van der Waals surface area (Å²) < 4.78 is 20.2. The molecule has 3 aliphatic rings. The number of amides is 3. The number of halogens is 2. The Morgan fingerprint density at radius 1 is 0.886 bits per heavy atom. The first kappa shape index (κ1) is 23.8. The van der Waals surface area contributed by atoms with Gasteiger partial charge in [0.05, 0.1) is 6.61 Å². The van der Waals surface area contributed by atoms with E-state index in [2.05, 4.69) is 0 Å². The van der Waals surface area contributed by atoms with Gasteiger partial charge in [-0.1, -0.05) is 23.7 Å². The van der Waals surface area contributed by atoms with E-state index in [1.165, 1.54) is 23.1 Å². The van der Waals surface area contributed by atoms with Crippen LogP contribution in [0.2, 0.25) is 5.02 Å². The highest BCUT2D eigenvalue weighted by Crippen LogP contribution is 2.39. The molecule has 2 aromatic rings. The monoisotopic (exact) mass is 499 g/mol. The van der Waals surface area contributed by atoms with E-state index in [9.17, 15) is 18.8 Å². The van der Waals surface area contributed by atoms with E-state index in [0.717, 1.165) is 12.8 Å². The summed E-state index contributed by atoms with van der Waals surface area (Å²) in [6.07, 6.45) is 2.57. The van der Waals surface area contributed by atoms with Gasteiger partial charge in [0.25, 0.3) is 11.8 Å². The zero-order valence-electron chi connectivity index (χ0n) is 19.3. The van der Waals surface area contributed by atoms with Crippen LogP contribution in [0.1, 0.15) is 46.4 Å². The van der Waals surface area contributed by atoms with E-state index in [-0.39, 0.29) is 24.0 Å². The fraction of sp³-hybridized carbons (Fsp3) is 0.423. The molecule has 0 bridgehead atoms. The molecule has 3 heterocycles. The van der Waals surface area contributed by atoms with Gasteiger partial charge in [0.15, 0.2) is 0 Å². The number of hydrogen-bond donors (Lipinski definition) is 0. The van der Waals surface area contributed by atoms with E-state index in [1.807, 2.05) is 0 Å². The van der Waals surface area contributed by atoms with E-state index >= 15 is 0 Å². The van der Waals surface area contributed by atoms with Gasteiger partial charge in [0.1, 0.15) is 17.6 Å². The van der Waals surface area contributed by atoms with Crippen molar-refractivity contribution in [2.24, 2.45) is 0 Å². The molecule has 5 rings (SSSR count). The van der Waals surface area contributed by atoms with Crippen molar-refractivity contribution < 1.29 is 23.5 Å². The molecule has 0 aliphatic carbocycles. The van der Waals surface area contributed by atoms with Gasteiger partial charge >= 0.3 is 0 Å². The van der Waals surface area contributed by atoms with Gasteiger partial charge in [-0.25, -0.2) is 4.39 Å². The van der Waals surface area contributed by atoms with Crippen LogP contribution in [0.3, 0.4) is 0 Å². The molecule has 1 spiro atoms. The van der Waals surface area contributed by atoms with Crippen LogP contribution < -0.4 is 0 Å². The van der Waals surface area contributed by atoms with E-state index in [1.54, 1.807) is 40.1 Å². The molecule has 3 amide bonds. The summed E-state index contributed by atoms with van der Waals surface area (Å²) in [6, 6.07) is 11.5. The molecule has 1 unspecified atom stereocenters. The highest BCUT2D eigenvalue weighted by atomic mass is 35.5. The Bertz CT molecular complexity index is 1140. The fourth-order valence-electron chi connectivity index (χ4n) is 5.33. The Hall–Kier alpha value is -2.97. The first-order valence-corrected chi connectivity index (χ1v) is 12.3. The summed E-state index contributed by atoms with van der Waals surface area (Å²) >= 11 is 6.05. The van der Waals surface area contributed by atoms with Crippen LogP contribution in [0, 0.1) is 5.82 Å². The van der Waals surface area contributed by atoms with Crippen LogP contribution in [0.5, 0.6) is 0 Å². The summed E-state index contributed by atoms with van der Waals surface area (Å²) in [5.41, 5.74) is -0.365. The van der Waals surface area contributed by atoms with Gasteiger partial charge in [-0.15, -0.1) is 0 Å². The molecule has 0 saturated carbocycles. The molecule has 35 heavy (non-hydrogen) atoms. The Balaban J connectivity index is 1.40. The average Bonchev–Trinajstić information content (AvgIpc) is 3.52. The number of likely N-dealkylation sites (tertiary alicyclic amines) is 2. The number of hydrogen-bond acceptors (Lipinski definition) is 4. The average molecular weight is 500 g/mol. The van der Waals surface area contributed by atoms with Crippen LogP contribution in [0.15, 0.2) is 48.5 Å². The molecule has 1 atom stereocenters. The summed E-state index contributed by atoms with van der Waals surface area (Å²) in [7, 11) is 0. The van der Waals surface area contributed by atoms with Crippen LogP contribution in [0.4, 0.5) is 4.39 Å². The molecule has 3 fully saturated rings. The van der Waals surface area contributed by atoms with Crippen molar-refractivity contribution in [1.82, 2.24) is 14.7 Å². The number of piperidine rings is 1. The second-order valence-corrected chi connectivity index (χ2v) is 9.73. The molecule has 184 valence electrons. The van der Waals surface area contributed by atoms with Crippen molar-refractivity contribution in [3.63, 3.8) is 0 Å². The Kier molecular flexibility index (Phi) is 6.51. The first-order valence-electron chi connectivity index (χ1n) is 11.9. The first-order chi connectivity index (χ1) is 16.9. The molecule has 0 aromatic heterocycles. The topological polar surface area (TPSA) is 70.2 Å². The number of nitrogens with zero attached hydrogens (tertiary/aromatic N) is 3. The van der Waals surface area contributed by atoms with Gasteiger partial charge in [-0.05, 0) is 49.2 Å². The van der Waals surface area contributed by atoms with E-state index in [0.29, 0.717) is 49.6 Å². The molecule has 9 heteroatoms. The number of ether oxygens (including phenoxy) is 1. The maximum absolute atomic E-state index is 13.9. The van der Waals surface area contributed by atoms with Crippen molar-refractivity contribution in [3.8, 4) is 0 Å². The second-order valence-electron chi connectivity index (χ2n) is 9.29. The molecule has 3 saturated heterocycles. The molecule has 0 N–H and O–H groups in total. The van der Waals surface area contributed by atoms with Gasteiger partial charge in [-0.3, -0.25) is 19.3 Å². The maximum atomic E-state index is 13.9. The minimum atomic E-state index is -1.03. The third kappa shape index (κ3) is 4.52. The van der Waals surface area contributed by atoms with Crippen molar-refractivity contribution in [1.29, 1.82) is 0 Å². The Morgan fingerprint density at radius 3 is 2.20 bits per heavy atom. The van der Waals surface area contributed by atoms with Gasteiger partial charge in [0.2, 0.25) is 5.91 Å². The standard InChI is InChI=1S/C26H27ClFN3O4/c27-20-7-3-5-18(15-20)23(32)30-13-9-26(10-14-30)31(24(33)19-6-4-8-21(28)16-19)22(17-35-26)25(34)29-11-1-2-12-29/h3-8,15-16,22H,1-2,9-14,17H2. The fourth-order valence-corrected chi connectivity index (χ4v) is 5.52. The molecule has 0 radical (unpaired) electrons. The molecular weight excluding hydrogens is 473 g/mol. The summed E-state index contributed by atoms with van der Waals surface area (Å²) in [4.78, 5) is 45.1. The lowest BCUT2D eigenvalue weighted by Crippen LogP contribution is -2.60. The highest BCUT2D eigenvalue weighted by Gasteiger charge is 2.55. The minimum absolute atomic E-state index is 0.0820. The smallest absolute Gasteiger partial charge is 0.256 e. The summed E-state index contributed by atoms with van der Waals surface area (Å²) in [5, 5.41) is 0.485. The quantitative estimate of drug-likeness (QED) is 0.647. The number of carbonyl (C=O) groups is 3. The lowest BCUT2D eigenvalue weighted by Gasteiger charge is -2.44. The predicted molar refractivity (Wildman–Crippen MR) is 127 cm³/mol. The third-order valence-corrected chi connectivity index (χ3v) is 7.39. The summed E-state index contributed by atoms with van der Waals surface area (Å²) in [6.45, 7) is 2.10. The van der Waals surface area contributed by atoms with Crippen LogP contribution in [-0.4, -0.2) is 77.0 Å². The predicted octanol–water partition coefficient (Wildman–Crippen LogP) is 3.58. The number of rotatable bonds is 3. The molecular formula is C26H27ClFN3O4. The highest BCUT2D eigenvalue weighted by molar-refractivity contribution is 6.30. The van der Waals surface area contributed by atoms with Gasteiger partial charge < -0.3 is 14.5 Å². The second kappa shape index (κ2) is 9.59. The Morgan fingerprint density at radius 2 is 1.54 bits per heavy atom.